The number of carbonyl (C=O) groups is 2. The molecular formula is C8H11F3N2O4. The van der Waals surface area contributed by atoms with Crippen molar-refractivity contribution in [1.29, 1.82) is 0 Å². The van der Waals surface area contributed by atoms with Crippen LogP contribution in [-0.2, 0) is 14.3 Å². The molecule has 1 atom stereocenters. The van der Waals surface area contributed by atoms with Crippen LogP contribution in [0.1, 0.15) is 0 Å². The van der Waals surface area contributed by atoms with E-state index in [1.165, 1.54) is 0 Å². The minimum Gasteiger partial charge on any atom is -0.480 e. The lowest BCUT2D eigenvalue weighted by Gasteiger charge is -2.32. The van der Waals surface area contributed by atoms with Crippen LogP contribution in [0.4, 0.5) is 13.2 Å². The van der Waals surface area contributed by atoms with Crippen molar-refractivity contribution >= 4 is 11.9 Å². The topological polar surface area (TPSA) is 78.9 Å². The SMILES string of the molecule is O=C1CN(CCOC(F)(F)F)C(C(=O)O)CN1. The van der Waals surface area contributed by atoms with Crippen LogP contribution in [0.15, 0.2) is 0 Å². The fourth-order valence-corrected chi connectivity index (χ4v) is 1.45. The molecule has 0 aromatic rings. The van der Waals surface area contributed by atoms with Gasteiger partial charge in [0.05, 0.1) is 13.2 Å². The maximum Gasteiger partial charge on any atom is 0.522 e. The zero-order valence-corrected chi connectivity index (χ0v) is 8.66. The minimum absolute atomic E-state index is 0.125. The Kier molecular flexibility index (Phi) is 4.29. The summed E-state index contributed by atoms with van der Waals surface area (Å²) in [6.07, 6.45) is -4.75. The van der Waals surface area contributed by atoms with Crippen LogP contribution in [0.2, 0.25) is 0 Å². The number of hydrogen-bond acceptors (Lipinski definition) is 4. The number of halogens is 3. The molecular weight excluding hydrogens is 245 g/mol. The van der Waals surface area contributed by atoms with Gasteiger partial charge in [0, 0.05) is 13.1 Å². The highest BCUT2D eigenvalue weighted by molar-refractivity contribution is 5.83. The average molecular weight is 256 g/mol. The van der Waals surface area contributed by atoms with Gasteiger partial charge in [-0.05, 0) is 0 Å². The number of carbonyl (C=O) groups excluding carboxylic acids is 1. The first-order valence-corrected chi connectivity index (χ1v) is 4.74. The number of aliphatic carboxylic acids is 1. The van der Waals surface area contributed by atoms with Crippen molar-refractivity contribution in [3.05, 3.63) is 0 Å². The highest BCUT2D eigenvalue weighted by Gasteiger charge is 2.33. The summed E-state index contributed by atoms with van der Waals surface area (Å²) in [5.41, 5.74) is 0. The lowest BCUT2D eigenvalue weighted by Crippen LogP contribution is -2.58. The molecule has 1 unspecified atom stereocenters. The molecule has 0 spiro atoms. The summed E-state index contributed by atoms with van der Waals surface area (Å²) >= 11 is 0. The smallest absolute Gasteiger partial charge is 0.480 e. The first-order chi connectivity index (χ1) is 7.79. The van der Waals surface area contributed by atoms with Crippen molar-refractivity contribution < 1.29 is 32.6 Å². The maximum absolute atomic E-state index is 11.7. The summed E-state index contributed by atoms with van der Waals surface area (Å²) in [6.45, 7) is -1.36. The number of carboxylic acids is 1. The molecule has 1 rings (SSSR count). The van der Waals surface area contributed by atoms with Crippen molar-refractivity contribution in [3.63, 3.8) is 0 Å². The van der Waals surface area contributed by atoms with Gasteiger partial charge < -0.3 is 10.4 Å². The normalized spacial score (nSPS) is 22.3. The number of alkyl halides is 3. The molecule has 1 heterocycles. The third-order valence-corrected chi connectivity index (χ3v) is 2.21. The monoisotopic (exact) mass is 256 g/mol. The molecule has 0 bridgehead atoms. The summed E-state index contributed by atoms with van der Waals surface area (Å²) in [7, 11) is 0. The largest absolute Gasteiger partial charge is 0.522 e. The lowest BCUT2D eigenvalue weighted by atomic mass is 10.2. The number of amides is 1. The van der Waals surface area contributed by atoms with E-state index in [1.54, 1.807) is 0 Å². The molecule has 1 fully saturated rings. The molecule has 1 saturated heterocycles. The number of nitrogens with one attached hydrogen (secondary N) is 1. The van der Waals surface area contributed by atoms with E-state index in [-0.39, 0.29) is 19.6 Å². The molecule has 1 aliphatic heterocycles. The van der Waals surface area contributed by atoms with E-state index in [0.29, 0.717) is 0 Å². The Bertz CT molecular complexity index is 308. The van der Waals surface area contributed by atoms with Gasteiger partial charge in [-0.15, -0.1) is 13.2 Å². The van der Waals surface area contributed by atoms with E-state index in [1.807, 2.05) is 0 Å². The van der Waals surface area contributed by atoms with Crippen molar-refractivity contribution in [2.24, 2.45) is 0 Å². The molecule has 0 saturated carbocycles. The van der Waals surface area contributed by atoms with Gasteiger partial charge >= 0.3 is 12.3 Å². The zero-order valence-electron chi connectivity index (χ0n) is 8.66. The Morgan fingerprint density at radius 3 is 2.76 bits per heavy atom. The first-order valence-electron chi connectivity index (χ1n) is 4.74. The summed E-state index contributed by atoms with van der Waals surface area (Å²) in [6, 6.07) is -1.02. The van der Waals surface area contributed by atoms with E-state index < -0.39 is 30.9 Å². The van der Waals surface area contributed by atoms with E-state index in [4.69, 9.17) is 5.11 Å². The van der Waals surface area contributed by atoms with Gasteiger partial charge in [-0.2, -0.15) is 0 Å². The highest BCUT2D eigenvalue weighted by atomic mass is 19.4. The van der Waals surface area contributed by atoms with Crippen LogP contribution in [0.5, 0.6) is 0 Å². The van der Waals surface area contributed by atoms with E-state index in [0.717, 1.165) is 4.90 Å². The molecule has 1 aliphatic rings. The molecule has 98 valence electrons. The van der Waals surface area contributed by atoms with Crippen LogP contribution >= 0.6 is 0 Å². The van der Waals surface area contributed by atoms with Crippen LogP contribution < -0.4 is 5.32 Å². The van der Waals surface area contributed by atoms with Crippen LogP contribution in [0.25, 0.3) is 0 Å². The summed E-state index contributed by atoms with van der Waals surface area (Å²) in [5.74, 6) is -1.62. The molecule has 9 heteroatoms. The third-order valence-electron chi connectivity index (χ3n) is 2.21. The lowest BCUT2D eigenvalue weighted by molar-refractivity contribution is -0.325. The predicted molar refractivity (Wildman–Crippen MR) is 48.0 cm³/mol. The molecule has 6 nitrogen and oxygen atoms in total. The van der Waals surface area contributed by atoms with Crippen molar-refractivity contribution in [3.8, 4) is 0 Å². The second-order valence-corrected chi connectivity index (χ2v) is 3.42. The van der Waals surface area contributed by atoms with Crippen molar-refractivity contribution in [2.45, 2.75) is 12.4 Å². The minimum atomic E-state index is -4.75. The van der Waals surface area contributed by atoms with E-state index >= 15 is 0 Å². The summed E-state index contributed by atoms with van der Waals surface area (Å²) in [5, 5.41) is 11.1. The molecule has 0 radical (unpaired) electrons. The van der Waals surface area contributed by atoms with Gasteiger partial charge in [-0.25, -0.2) is 0 Å². The molecule has 1 amide bonds. The first kappa shape index (κ1) is 13.7. The van der Waals surface area contributed by atoms with E-state index in [9.17, 15) is 22.8 Å². The maximum atomic E-state index is 11.7. The fourth-order valence-electron chi connectivity index (χ4n) is 1.45. The van der Waals surface area contributed by atoms with Gasteiger partial charge in [-0.1, -0.05) is 0 Å². The Morgan fingerprint density at radius 1 is 1.59 bits per heavy atom. The Labute approximate surface area is 94.3 Å². The summed E-state index contributed by atoms with van der Waals surface area (Å²) < 4.78 is 38.6. The quantitative estimate of drug-likeness (QED) is 0.702. The number of hydrogen-bond donors (Lipinski definition) is 2. The predicted octanol–water partition coefficient (Wildman–Crippen LogP) is -0.592. The van der Waals surface area contributed by atoms with Gasteiger partial charge in [0.1, 0.15) is 6.04 Å². The molecule has 0 aromatic heterocycles. The standard InChI is InChI=1S/C8H11F3N2O4/c9-8(10,11)17-2-1-13-4-6(14)12-3-5(13)7(15)16/h5H,1-4H2,(H,12,14)(H,15,16). The van der Waals surface area contributed by atoms with Gasteiger partial charge in [0.15, 0.2) is 0 Å². The van der Waals surface area contributed by atoms with Crippen LogP contribution in [0, 0.1) is 0 Å². The number of carboxylic acid groups (broad SMARTS) is 1. The Morgan fingerprint density at radius 2 is 2.24 bits per heavy atom. The second kappa shape index (κ2) is 5.32. The number of piperazine rings is 1. The van der Waals surface area contributed by atoms with Crippen molar-refractivity contribution in [1.82, 2.24) is 10.2 Å². The fraction of sp³-hybridized carbons (Fsp3) is 0.750. The Balaban J connectivity index is 2.47. The van der Waals surface area contributed by atoms with Crippen LogP contribution in [-0.4, -0.2) is 60.5 Å². The zero-order chi connectivity index (χ0) is 13.1. The average Bonchev–Trinajstić information content (AvgIpc) is 2.15. The molecule has 0 aliphatic carbocycles. The molecule has 0 aromatic carbocycles. The van der Waals surface area contributed by atoms with Gasteiger partial charge in [-0.3, -0.25) is 19.2 Å². The van der Waals surface area contributed by atoms with Gasteiger partial charge in [0.25, 0.3) is 0 Å². The third kappa shape index (κ3) is 4.57. The highest BCUT2D eigenvalue weighted by Crippen LogP contribution is 2.16. The number of nitrogens with zero attached hydrogens (tertiary/aromatic N) is 1. The van der Waals surface area contributed by atoms with E-state index in [2.05, 4.69) is 10.1 Å². The second-order valence-electron chi connectivity index (χ2n) is 3.42. The molecule has 17 heavy (non-hydrogen) atoms. The summed E-state index contributed by atoms with van der Waals surface area (Å²) in [4.78, 5) is 22.9. The number of ether oxygens (including phenoxy) is 1. The van der Waals surface area contributed by atoms with Crippen LogP contribution in [0.3, 0.4) is 0 Å². The van der Waals surface area contributed by atoms with Crippen molar-refractivity contribution in [2.75, 3.05) is 26.2 Å². The Hall–Kier alpha value is -1.35. The number of rotatable bonds is 4. The van der Waals surface area contributed by atoms with Gasteiger partial charge in [0.2, 0.25) is 5.91 Å². The molecule has 2 N–H and O–H groups in total.